The zero-order valence-electron chi connectivity index (χ0n) is 8.47. The van der Waals surface area contributed by atoms with E-state index in [0.29, 0.717) is 5.92 Å². The average molecular weight is 227 g/mol. The van der Waals surface area contributed by atoms with Crippen molar-refractivity contribution >= 4 is 17.4 Å². The summed E-state index contributed by atoms with van der Waals surface area (Å²) in [5.74, 6) is -0.225. The monoisotopic (exact) mass is 226 g/mol. The Kier molecular flexibility index (Phi) is 2.79. The molecular weight excluding hydrogens is 215 g/mol. The largest absolute Gasteiger partial charge is 0.294 e. The third kappa shape index (κ3) is 1.91. The summed E-state index contributed by atoms with van der Waals surface area (Å²) in [4.78, 5) is 11.9. The SMILES string of the molecule is CC[C@@H]1C[C@H]1C(=O)c1c(F)cccc1Cl. The maximum Gasteiger partial charge on any atom is 0.170 e. The molecule has 0 amide bonds. The van der Waals surface area contributed by atoms with Crippen molar-refractivity contribution in [1.29, 1.82) is 0 Å². The molecule has 2 atom stereocenters. The standard InChI is InChI=1S/C12H12ClFO/c1-2-7-6-8(7)12(15)11-9(13)4-3-5-10(11)14/h3-5,7-8H,2,6H2,1H3/t7-,8-/m1/s1. The van der Waals surface area contributed by atoms with E-state index in [1.165, 1.54) is 12.1 Å². The van der Waals surface area contributed by atoms with E-state index in [0.717, 1.165) is 12.8 Å². The molecule has 1 saturated carbocycles. The molecule has 0 spiro atoms. The van der Waals surface area contributed by atoms with Crippen LogP contribution in [0.4, 0.5) is 4.39 Å². The van der Waals surface area contributed by atoms with Gasteiger partial charge < -0.3 is 0 Å². The molecule has 1 nitrogen and oxygen atoms in total. The second kappa shape index (κ2) is 3.93. The summed E-state index contributed by atoms with van der Waals surface area (Å²) in [6.07, 6.45) is 1.85. The molecule has 2 rings (SSSR count). The van der Waals surface area contributed by atoms with Crippen LogP contribution < -0.4 is 0 Å². The first-order chi connectivity index (χ1) is 7.15. The van der Waals surface area contributed by atoms with Crippen molar-refractivity contribution in [1.82, 2.24) is 0 Å². The van der Waals surface area contributed by atoms with Gasteiger partial charge in [0.25, 0.3) is 0 Å². The summed E-state index contributed by atoms with van der Waals surface area (Å²) < 4.78 is 13.4. The number of hydrogen-bond acceptors (Lipinski definition) is 1. The van der Waals surface area contributed by atoms with Gasteiger partial charge in [0, 0.05) is 5.92 Å². The smallest absolute Gasteiger partial charge is 0.170 e. The van der Waals surface area contributed by atoms with Gasteiger partial charge >= 0.3 is 0 Å². The van der Waals surface area contributed by atoms with Crippen molar-refractivity contribution in [2.75, 3.05) is 0 Å². The second-order valence-electron chi connectivity index (χ2n) is 3.97. The normalized spacial score (nSPS) is 23.9. The van der Waals surface area contributed by atoms with Crippen molar-refractivity contribution < 1.29 is 9.18 Å². The Labute approximate surface area is 93.2 Å². The molecule has 0 saturated heterocycles. The summed E-state index contributed by atoms with van der Waals surface area (Å²) in [5, 5.41) is 0.224. The quantitative estimate of drug-likeness (QED) is 0.719. The number of hydrogen-bond donors (Lipinski definition) is 0. The van der Waals surface area contributed by atoms with Gasteiger partial charge in [0.05, 0.1) is 10.6 Å². The molecule has 1 aliphatic carbocycles. The highest BCUT2D eigenvalue weighted by Crippen LogP contribution is 2.44. The Morgan fingerprint density at radius 3 is 2.87 bits per heavy atom. The zero-order chi connectivity index (χ0) is 11.0. The van der Waals surface area contributed by atoms with Crippen molar-refractivity contribution in [3.05, 3.63) is 34.6 Å². The fourth-order valence-corrected chi connectivity index (χ4v) is 2.19. The first-order valence-electron chi connectivity index (χ1n) is 5.13. The third-order valence-corrected chi connectivity index (χ3v) is 3.31. The second-order valence-corrected chi connectivity index (χ2v) is 4.38. The van der Waals surface area contributed by atoms with Gasteiger partial charge in [-0.3, -0.25) is 4.79 Å². The minimum absolute atomic E-state index is 0.00981. The predicted molar refractivity (Wildman–Crippen MR) is 57.6 cm³/mol. The van der Waals surface area contributed by atoms with Crippen LogP contribution in [-0.2, 0) is 0 Å². The number of benzene rings is 1. The van der Waals surface area contributed by atoms with Gasteiger partial charge in [0.1, 0.15) is 5.82 Å². The van der Waals surface area contributed by atoms with E-state index >= 15 is 0 Å². The van der Waals surface area contributed by atoms with Gasteiger partial charge in [-0.25, -0.2) is 4.39 Å². The van der Waals surface area contributed by atoms with E-state index in [1.54, 1.807) is 6.07 Å². The molecule has 3 heteroatoms. The van der Waals surface area contributed by atoms with E-state index in [1.807, 2.05) is 6.92 Å². The summed E-state index contributed by atoms with van der Waals surface area (Å²) >= 11 is 5.83. The maximum absolute atomic E-state index is 13.4. The van der Waals surface area contributed by atoms with Crippen molar-refractivity contribution in [2.45, 2.75) is 19.8 Å². The average Bonchev–Trinajstić information content (AvgIpc) is 2.96. The molecule has 0 bridgehead atoms. The van der Waals surface area contributed by atoms with Gasteiger partial charge in [-0.05, 0) is 24.5 Å². The maximum atomic E-state index is 13.4. The summed E-state index contributed by atoms with van der Waals surface area (Å²) in [6.45, 7) is 2.04. The Morgan fingerprint density at radius 1 is 1.60 bits per heavy atom. The first-order valence-corrected chi connectivity index (χ1v) is 5.51. The molecule has 15 heavy (non-hydrogen) atoms. The van der Waals surface area contributed by atoms with Gasteiger partial charge in [0.15, 0.2) is 5.78 Å². The first kappa shape index (κ1) is 10.6. The number of rotatable bonds is 3. The molecule has 1 fully saturated rings. The van der Waals surface area contributed by atoms with Gasteiger partial charge in [-0.1, -0.05) is 31.0 Å². The lowest BCUT2D eigenvalue weighted by Gasteiger charge is -2.03. The Bertz CT molecular complexity index is 382. The summed E-state index contributed by atoms with van der Waals surface area (Å²) in [6, 6.07) is 4.35. The van der Waals surface area contributed by atoms with E-state index in [2.05, 4.69) is 0 Å². The molecule has 1 aromatic carbocycles. The van der Waals surface area contributed by atoms with E-state index in [9.17, 15) is 9.18 Å². The predicted octanol–water partition coefficient (Wildman–Crippen LogP) is 3.71. The van der Waals surface area contributed by atoms with Crippen molar-refractivity contribution in [3.63, 3.8) is 0 Å². The van der Waals surface area contributed by atoms with Crippen LogP contribution in [0, 0.1) is 17.7 Å². The molecular formula is C12H12ClFO. The molecule has 1 aliphatic rings. The van der Waals surface area contributed by atoms with Crippen LogP contribution in [0.2, 0.25) is 5.02 Å². The van der Waals surface area contributed by atoms with Crippen LogP contribution in [0.5, 0.6) is 0 Å². The summed E-state index contributed by atoms with van der Waals surface area (Å²) in [5.41, 5.74) is 0.0696. The van der Waals surface area contributed by atoms with E-state index in [-0.39, 0.29) is 22.3 Å². The number of carbonyl (C=O) groups is 1. The van der Waals surface area contributed by atoms with Crippen LogP contribution in [0.25, 0.3) is 0 Å². The highest BCUT2D eigenvalue weighted by molar-refractivity contribution is 6.34. The zero-order valence-corrected chi connectivity index (χ0v) is 9.22. The van der Waals surface area contributed by atoms with Crippen LogP contribution in [0.15, 0.2) is 18.2 Å². The molecule has 0 unspecified atom stereocenters. The lowest BCUT2D eigenvalue weighted by Crippen LogP contribution is -2.07. The molecule has 0 radical (unpaired) electrons. The van der Waals surface area contributed by atoms with Crippen molar-refractivity contribution in [2.24, 2.45) is 11.8 Å². The molecule has 0 aliphatic heterocycles. The molecule has 0 aromatic heterocycles. The van der Waals surface area contributed by atoms with Gasteiger partial charge in [-0.15, -0.1) is 0 Å². The Morgan fingerprint density at radius 2 is 2.33 bits per heavy atom. The Hall–Kier alpha value is -0.890. The van der Waals surface area contributed by atoms with Gasteiger partial charge in [0.2, 0.25) is 0 Å². The lowest BCUT2D eigenvalue weighted by molar-refractivity contribution is 0.0957. The topological polar surface area (TPSA) is 17.1 Å². The van der Waals surface area contributed by atoms with Crippen LogP contribution >= 0.6 is 11.6 Å². The summed E-state index contributed by atoms with van der Waals surface area (Å²) in [7, 11) is 0. The number of halogens is 2. The Balaban J connectivity index is 2.27. The highest BCUT2D eigenvalue weighted by Gasteiger charge is 2.42. The van der Waals surface area contributed by atoms with Crippen LogP contribution in [-0.4, -0.2) is 5.78 Å². The molecule has 1 aromatic rings. The van der Waals surface area contributed by atoms with E-state index in [4.69, 9.17) is 11.6 Å². The van der Waals surface area contributed by atoms with Crippen LogP contribution in [0.3, 0.4) is 0 Å². The van der Waals surface area contributed by atoms with Crippen LogP contribution in [0.1, 0.15) is 30.1 Å². The number of Topliss-reactive ketones (excluding diaryl/α,β-unsaturated/α-hetero) is 1. The fourth-order valence-electron chi connectivity index (χ4n) is 1.94. The molecule has 0 heterocycles. The minimum atomic E-state index is -0.505. The minimum Gasteiger partial charge on any atom is -0.294 e. The van der Waals surface area contributed by atoms with E-state index < -0.39 is 5.82 Å². The number of ketones is 1. The third-order valence-electron chi connectivity index (χ3n) is 2.99. The highest BCUT2D eigenvalue weighted by atomic mass is 35.5. The molecule has 80 valence electrons. The molecule has 0 N–H and O–H groups in total. The van der Waals surface area contributed by atoms with Crippen molar-refractivity contribution in [3.8, 4) is 0 Å². The van der Waals surface area contributed by atoms with Gasteiger partial charge in [-0.2, -0.15) is 0 Å². The fraction of sp³-hybridized carbons (Fsp3) is 0.417. The lowest BCUT2D eigenvalue weighted by atomic mass is 10.0. The number of carbonyl (C=O) groups excluding carboxylic acids is 1.